The van der Waals surface area contributed by atoms with E-state index in [0.717, 1.165) is 61.8 Å². The van der Waals surface area contributed by atoms with Crippen LogP contribution in [0.25, 0.3) is 0 Å². The average molecular weight is 662 g/mol. The summed E-state index contributed by atoms with van der Waals surface area (Å²) in [4.78, 5) is 20.3. The molecular formula is C33H44N9O4P. The van der Waals surface area contributed by atoms with Crippen LogP contribution in [0.2, 0.25) is 0 Å². The number of anilines is 3. The second-order valence-corrected chi connectivity index (χ2v) is 13.2. The predicted molar refractivity (Wildman–Crippen MR) is 187 cm³/mol. The van der Waals surface area contributed by atoms with E-state index in [1.807, 2.05) is 36.4 Å². The van der Waals surface area contributed by atoms with Crippen molar-refractivity contribution in [2.75, 3.05) is 61.1 Å². The first-order valence-corrected chi connectivity index (χ1v) is 16.9. The second-order valence-electron chi connectivity index (χ2n) is 11.4. The largest absolute Gasteiger partial charge is 0.491 e. The van der Waals surface area contributed by atoms with Crippen molar-refractivity contribution >= 4 is 43.8 Å². The Balaban J connectivity index is 1.11. The summed E-state index contributed by atoms with van der Waals surface area (Å²) in [6, 6.07) is 16.0. The Bertz CT molecular complexity index is 1500. The minimum absolute atomic E-state index is 0.0236. The summed E-state index contributed by atoms with van der Waals surface area (Å²) in [7, 11) is 1.92. The molecule has 5 rings (SSSR count). The molecule has 0 saturated carbocycles. The van der Waals surface area contributed by atoms with Gasteiger partial charge in [-0.3, -0.25) is 15.1 Å². The minimum Gasteiger partial charge on any atom is -0.491 e. The number of hydrogen-bond acceptors (Lipinski definition) is 11. The van der Waals surface area contributed by atoms with Crippen molar-refractivity contribution in [3.8, 4) is 5.75 Å². The normalized spacial score (nSPS) is 20.7. The molecule has 14 heteroatoms. The molecule has 2 aliphatic rings. The first-order chi connectivity index (χ1) is 22.9. The van der Waals surface area contributed by atoms with Gasteiger partial charge in [0.25, 0.3) is 0 Å². The van der Waals surface area contributed by atoms with Gasteiger partial charge in [-0.2, -0.15) is 15.0 Å². The topological polar surface area (TPSA) is 145 Å². The minimum atomic E-state index is -1.20. The number of nitrogens with zero attached hydrogens (tertiary/aromatic N) is 6. The van der Waals surface area contributed by atoms with Crippen LogP contribution in [0, 0.1) is 10.8 Å². The molecule has 0 radical (unpaired) electrons. The van der Waals surface area contributed by atoms with Gasteiger partial charge in [-0.1, -0.05) is 13.8 Å². The van der Waals surface area contributed by atoms with E-state index >= 15 is 0 Å². The fourth-order valence-corrected chi connectivity index (χ4v) is 6.48. The van der Waals surface area contributed by atoms with E-state index in [9.17, 15) is 4.79 Å². The summed E-state index contributed by atoms with van der Waals surface area (Å²) in [5, 5.41) is 27.0. The predicted octanol–water partition coefficient (Wildman–Crippen LogP) is 4.56. The van der Waals surface area contributed by atoms with Gasteiger partial charge in [-0.15, -0.1) is 0 Å². The van der Waals surface area contributed by atoms with Gasteiger partial charge in [0, 0.05) is 62.6 Å². The van der Waals surface area contributed by atoms with Crippen LogP contribution in [-0.4, -0.2) is 97.2 Å². The smallest absolute Gasteiger partial charge is 0.250 e. The van der Waals surface area contributed by atoms with Crippen LogP contribution >= 0.6 is 8.58 Å². The lowest BCUT2D eigenvalue weighted by Gasteiger charge is -2.37. The van der Waals surface area contributed by atoms with Gasteiger partial charge in [-0.05, 0) is 69.2 Å². The molecule has 0 bridgehead atoms. The third kappa shape index (κ3) is 8.34. The zero-order valence-corrected chi connectivity index (χ0v) is 28.1. The Kier molecular flexibility index (Phi) is 11.6. The molecule has 2 fully saturated rings. The summed E-state index contributed by atoms with van der Waals surface area (Å²) in [6.45, 7) is 8.44. The highest BCUT2D eigenvalue weighted by molar-refractivity contribution is 7.59. The SMILES string of the molecule is CCC(C)PC(=O)N(C=N)c1ccc(N2CCN(c3ccc(OCC4COC(Cn5nccn5)(/C(C=N)=C/NC)O4)cc3)CC2)cc1. The average Bonchev–Trinajstić information content (AvgIpc) is 3.77. The van der Waals surface area contributed by atoms with Gasteiger partial charge in [0.1, 0.15) is 25.0 Å². The highest BCUT2D eigenvalue weighted by Gasteiger charge is 2.45. The molecule has 47 heavy (non-hydrogen) atoms. The molecule has 0 spiro atoms. The van der Waals surface area contributed by atoms with E-state index in [1.165, 1.54) is 15.9 Å². The standard InChI is InChI=1S/C33H44N9O4P/c1-4-25(2)47-32(43)41(24-35)29-7-5-27(6-8-29)39-15-17-40(18-16-39)28-9-11-30(12-10-28)44-21-31-22-45-33(46-31,26(19-34)20-36-3)23-42-37-13-14-38-42/h5-14,19-20,24-25,31,34-36,47H,4,15-18,21-23H2,1-3H3/b26-20+,34-19?,35-24?. The molecule has 4 atom stereocenters. The number of aromatic nitrogens is 3. The Morgan fingerprint density at radius 1 is 1.09 bits per heavy atom. The van der Waals surface area contributed by atoms with Gasteiger partial charge < -0.3 is 34.7 Å². The number of carbonyl (C=O) groups is 1. The molecule has 250 valence electrons. The lowest BCUT2D eigenvalue weighted by molar-refractivity contribution is -0.150. The fourth-order valence-electron chi connectivity index (χ4n) is 5.52. The number of amides is 1. The van der Waals surface area contributed by atoms with Gasteiger partial charge in [0.05, 0.1) is 31.0 Å². The van der Waals surface area contributed by atoms with E-state index in [1.54, 1.807) is 25.6 Å². The van der Waals surface area contributed by atoms with Crippen molar-refractivity contribution in [2.24, 2.45) is 0 Å². The molecule has 1 amide bonds. The van der Waals surface area contributed by atoms with E-state index in [2.05, 4.69) is 51.3 Å². The summed E-state index contributed by atoms with van der Waals surface area (Å²) in [6.07, 6.45) is 7.79. The second kappa shape index (κ2) is 16.0. The van der Waals surface area contributed by atoms with E-state index in [4.69, 9.17) is 25.0 Å². The first-order valence-electron chi connectivity index (χ1n) is 15.9. The molecule has 1 aromatic heterocycles. The summed E-state index contributed by atoms with van der Waals surface area (Å²) in [5.41, 5.74) is 3.79. The number of piperazine rings is 1. The fraction of sp³-hybridized carbons (Fsp3) is 0.424. The van der Waals surface area contributed by atoms with Gasteiger partial charge in [-0.25, -0.2) is 0 Å². The Morgan fingerprint density at radius 2 is 1.70 bits per heavy atom. The highest BCUT2D eigenvalue weighted by atomic mass is 31.1. The monoisotopic (exact) mass is 661 g/mol. The third-order valence-corrected chi connectivity index (χ3v) is 9.70. The van der Waals surface area contributed by atoms with Crippen LogP contribution in [0.5, 0.6) is 5.75 Å². The molecular weight excluding hydrogens is 617 g/mol. The summed E-state index contributed by atoms with van der Waals surface area (Å²) in [5.74, 6) is -0.457. The number of ether oxygens (including phenoxy) is 3. The maximum absolute atomic E-state index is 12.7. The molecule has 3 aromatic rings. The lowest BCUT2D eigenvalue weighted by Crippen LogP contribution is -2.46. The van der Waals surface area contributed by atoms with E-state index < -0.39 is 5.79 Å². The van der Waals surface area contributed by atoms with Crippen molar-refractivity contribution in [2.45, 2.75) is 44.4 Å². The molecule has 13 nitrogen and oxygen atoms in total. The lowest BCUT2D eigenvalue weighted by atomic mass is 10.1. The molecule has 3 N–H and O–H groups in total. The van der Waals surface area contributed by atoms with Crippen molar-refractivity contribution in [1.82, 2.24) is 20.3 Å². The Morgan fingerprint density at radius 3 is 2.26 bits per heavy atom. The van der Waals surface area contributed by atoms with Crippen LogP contribution in [0.4, 0.5) is 21.9 Å². The van der Waals surface area contributed by atoms with Crippen molar-refractivity contribution in [1.29, 1.82) is 10.8 Å². The molecule has 2 aliphatic heterocycles. The Hall–Kier alpha value is -4.32. The van der Waals surface area contributed by atoms with E-state index in [0.29, 0.717) is 24.4 Å². The quantitative estimate of drug-likeness (QED) is 0.121. The number of rotatable bonds is 15. The number of benzene rings is 2. The summed E-state index contributed by atoms with van der Waals surface area (Å²) >= 11 is 0. The maximum Gasteiger partial charge on any atom is 0.250 e. The van der Waals surface area contributed by atoms with Crippen LogP contribution in [-0.2, 0) is 16.0 Å². The molecule has 2 aromatic carbocycles. The molecule has 0 aliphatic carbocycles. The third-order valence-electron chi connectivity index (χ3n) is 8.31. The zero-order chi connectivity index (χ0) is 33.2. The molecule has 4 unspecified atom stereocenters. The number of hydrogen-bond donors (Lipinski definition) is 3. The van der Waals surface area contributed by atoms with Gasteiger partial charge >= 0.3 is 0 Å². The zero-order valence-electron chi connectivity index (χ0n) is 27.1. The van der Waals surface area contributed by atoms with E-state index in [-0.39, 0.29) is 26.9 Å². The van der Waals surface area contributed by atoms with Crippen LogP contribution in [0.3, 0.4) is 0 Å². The van der Waals surface area contributed by atoms with Crippen molar-refractivity contribution in [3.05, 3.63) is 72.7 Å². The number of nitrogens with one attached hydrogen (secondary N) is 3. The Labute approximate surface area is 277 Å². The number of carbonyl (C=O) groups excluding carboxylic acids is 1. The van der Waals surface area contributed by atoms with Crippen LogP contribution in [0.1, 0.15) is 20.3 Å². The summed E-state index contributed by atoms with van der Waals surface area (Å²) < 4.78 is 18.5. The maximum atomic E-state index is 12.7. The highest BCUT2D eigenvalue weighted by Crippen LogP contribution is 2.33. The van der Waals surface area contributed by atoms with Gasteiger partial charge in [0.15, 0.2) is 0 Å². The molecule has 3 heterocycles. The molecule has 2 saturated heterocycles. The van der Waals surface area contributed by atoms with Crippen molar-refractivity contribution in [3.63, 3.8) is 0 Å². The van der Waals surface area contributed by atoms with Crippen LogP contribution < -0.4 is 24.8 Å². The first kappa shape index (κ1) is 34.0. The van der Waals surface area contributed by atoms with Gasteiger partial charge in [0.2, 0.25) is 11.4 Å². The van der Waals surface area contributed by atoms with Crippen molar-refractivity contribution < 1.29 is 19.0 Å². The van der Waals surface area contributed by atoms with Crippen LogP contribution in [0.15, 0.2) is 72.7 Å².